The highest BCUT2D eigenvalue weighted by Crippen LogP contribution is 2.37. The predicted molar refractivity (Wildman–Crippen MR) is 73.1 cm³/mol. The summed E-state index contributed by atoms with van der Waals surface area (Å²) in [7, 11) is 0. The highest BCUT2D eigenvalue weighted by atomic mass is 16.6. The first kappa shape index (κ1) is 12.7. The zero-order valence-electron chi connectivity index (χ0n) is 10.8. The van der Waals surface area contributed by atoms with Crippen LogP contribution in [0.4, 0.5) is 17.1 Å². The number of rotatable bonds is 6. The number of nitrogens with zero attached hydrogens (tertiary/aromatic N) is 1. The third-order valence-corrected chi connectivity index (χ3v) is 3.31. The van der Waals surface area contributed by atoms with Crippen LogP contribution in [-0.4, -0.2) is 17.5 Å². The molecule has 1 aromatic carbocycles. The number of non-ortho nitro benzene ring substituents is 1. The van der Waals surface area contributed by atoms with E-state index in [2.05, 4.69) is 17.6 Å². The minimum atomic E-state index is -0.351. The molecule has 98 valence electrons. The third-order valence-electron chi connectivity index (χ3n) is 3.31. The Morgan fingerprint density at radius 1 is 1.33 bits per heavy atom. The molecule has 5 heteroatoms. The van der Waals surface area contributed by atoms with Gasteiger partial charge in [-0.2, -0.15) is 0 Å². The van der Waals surface area contributed by atoms with Gasteiger partial charge in [0.05, 0.1) is 4.92 Å². The molecule has 2 unspecified atom stereocenters. The van der Waals surface area contributed by atoms with E-state index in [9.17, 15) is 10.1 Å². The molecule has 1 aromatic rings. The Morgan fingerprint density at radius 3 is 2.61 bits per heavy atom. The van der Waals surface area contributed by atoms with Crippen molar-refractivity contribution in [1.29, 1.82) is 0 Å². The summed E-state index contributed by atoms with van der Waals surface area (Å²) in [4.78, 5) is 10.5. The van der Waals surface area contributed by atoms with E-state index in [-0.39, 0.29) is 10.6 Å². The van der Waals surface area contributed by atoms with Crippen LogP contribution < -0.4 is 10.6 Å². The van der Waals surface area contributed by atoms with Crippen molar-refractivity contribution in [3.8, 4) is 0 Å². The van der Waals surface area contributed by atoms with Crippen LogP contribution in [0.15, 0.2) is 18.2 Å². The van der Waals surface area contributed by atoms with Gasteiger partial charge in [0, 0.05) is 36.1 Å². The molecule has 2 atom stereocenters. The van der Waals surface area contributed by atoms with E-state index in [0.717, 1.165) is 30.8 Å². The van der Waals surface area contributed by atoms with Gasteiger partial charge in [0.15, 0.2) is 0 Å². The highest BCUT2D eigenvalue weighted by molar-refractivity contribution is 5.64. The van der Waals surface area contributed by atoms with Crippen molar-refractivity contribution in [2.45, 2.75) is 32.7 Å². The van der Waals surface area contributed by atoms with Gasteiger partial charge in [-0.3, -0.25) is 10.1 Å². The van der Waals surface area contributed by atoms with E-state index < -0.39 is 0 Å². The molecule has 0 aliphatic heterocycles. The molecule has 0 bridgehead atoms. The molecule has 1 aliphatic carbocycles. The molecule has 0 amide bonds. The first-order chi connectivity index (χ1) is 8.63. The predicted octanol–water partition coefficient (Wildman–Crippen LogP) is 3.24. The lowest BCUT2D eigenvalue weighted by Gasteiger charge is -2.09. The van der Waals surface area contributed by atoms with Gasteiger partial charge in [0.2, 0.25) is 0 Å². The molecule has 1 saturated carbocycles. The molecule has 0 spiro atoms. The van der Waals surface area contributed by atoms with Gasteiger partial charge >= 0.3 is 0 Å². The summed E-state index contributed by atoms with van der Waals surface area (Å²) in [5, 5.41) is 17.4. The van der Waals surface area contributed by atoms with Crippen molar-refractivity contribution >= 4 is 17.1 Å². The molecule has 0 heterocycles. The van der Waals surface area contributed by atoms with Crippen LogP contribution in [-0.2, 0) is 0 Å². The fourth-order valence-electron chi connectivity index (χ4n) is 2.20. The summed E-state index contributed by atoms with van der Waals surface area (Å²) in [5.74, 6) is 0.715. The largest absolute Gasteiger partial charge is 0.385 e. The van der Waals surface area contributed by atoms with Crippen molar-refractivity contribution in [3.63, 3.8) is 0 Å². The molecule has 0 aromatic heterocycles. The molecule has 0 saturated heterocycles. The van der Waals surface area contributed by atoms with Crippen molar-refractivity contribution in [3.05, 3.63) is 28.3 Å². The summed E-state index contributed by atoms with van der Waals surface area (Å²) in [6.45, 7) is 4.89. The molecule has 2 rings (SSSR count). The number of anilines is 2. The first-order valence-electron chi connectivity index (χ1n) is 6.44. The third kappa shape index (κ3) is 2.91. The monoisotopic (exact) mass is 249 g/mol. The van der Waals surface area contributed by atoms with E-state index >= 15 is 0 Å². The van der Waals surface area contributed by atoms with Gasteiger partial charge in [-0.25, -0.2) is 0 Å². The number of benzene rings is 1. The zero-order chi connectivity index (χ0) is 13.1. The molecular weight excluding hydrogens is 230 g/mol. The van der Waals surface area contributed by atoms with Crippen molar-refractivity contribution in [2.24, 2.45) is 5.92 Å². The van der Waals surface area contributed by atoms with E-state index in [0.29, 0.717) is 12.0 Å². The highest BCUT2D eigenvalue weighted by Gasteiger charge is 2.35. The van der Waals surface area contributed by atoms with Crippen LogP contribution in [0.3, 0.4) is 0 Å². The minimum absolute atomic E-state index is 0.129. The maximum absolute atomic E-state index is 10.9. The lowest BCUT2D eigenvalue weighted by Crippen LogP contribution is -2.06. The lowest BCUT2D eigenvalue weighted by molar-refractivity contribution is -0.384. The summed E-state index contributed by atoms with van der Waals surface area (Å²) >= 11 is 0. The Bertz CT molecular complexity index is 448. The average Bonchev–Trinajstić information content (AvgIpc) is 3.07. The quantitative estimate of drug-likeness (QED) is 0.600. The second kappa shape index (κ2) is 5.25. The molecule has 1 aliphatic rings. The van der Waals surface area contributed by atoms with Gasteiger partial charge in [-0.05, 0) is 25.3 Å². The fraction of sp³-hybridized carbons (Fsp3) is 0.538. The van der Waals surface area contributed by atoms with Crippen molar-refractivity contribution < 1.29 is 4.92 Å². The molecule has 2 N–H and O–H groups in total. The Labute approximate surface area is 107 Å². The SMILES string of the molecule is CCNc1cc(NC2CC2CC)cc([N+](=O)[O-])c1. The number of hydrogen-bond acceptors (Lipinski definition) is 4. The second-order valence-corrected chi connectivity index (χ2v) is 4.71. The number of nitrogens with one attached hydrogen (secondary N) is 2. The van der Waals surface area contributed by atoms with Gasteiger partial charge in [-0.15, -0.1) is 0 Å². The van der Waals surface area contributed by atoms with Gasteiger partial charge in [0.25, 0.3) is 5.69 Å². The molecular formula is C13H19N3O2. The van der Waals surface area contributed by atoms with Crippen LogP contribution >= 0.6 is 0 Å². The number of hydrogen-bond donors (Lipinski definition) is 2. The van der Waals surface area contributed by atoms with E-state index in [4.69, 9.17) is 0 Å². The maximum Gasteiger partial charge on any atom is 0.273 e. The molecule has 1 fully saturated rings. The summed E-state index contributed by atoms with van der Waals surface area (Å²) in [6.07, 6.45) is 2.32. The zero-order valence-corrected chi connectivity index (χ0v) is 10.8. The Hall–Kier alpha value is -1.78. The Kier molecular flexibility index (Phi) is 3.69. The second-order valence-electron chi connectivity index (χ2n) is 4.71. The maximum atomic E-state index is 10.9. The topological polar surface area (TPSA) is 67.2 Å². The molecule has 0 radical (unpaired) electrons. The lowest BCUT2D eigenvalue weighted by atomic mass is 10.2. The number of nitro benzene ring substituents is 1. The van der Waals surface area contributed by atoms with Gasteiger partial charge in [0.1, 0.15) is 0 Å². The van der Waals surface area contributed by atoms with Crippen LogP contribution in [0.25, 0.3) is 0 Å². The summed E-state index contributed by atoms with van der Waals surface area (Å²) < 4.78 is 0. The molecule has 5 nitrogen and oxygen atoms in total. The smallest absolute Gasteiger partial charge is 0.273 e. The fourth-order valence-corrected chi connectivity index (χ4v) is 2.20. The average molecular weight is 249 g/mol. The van der Waals surface area contributed by atoms with Crippen LogP contribution in [0, 0.1) is 16.0 Å². The van der Waals surface area contributed by atoms with Crippen molar-refractivity contribution in [1.82, 2.24) is 0 Å². The number of nitro groups is 1. The van der Waals surface area contributed by atoms with E-state index in [1.54, 1.807) is 12.1 Å². The van der Waals surface area contributed by atoms with Crippen LogP contribution in [0.5, 0.6) is 0 Å². The Morgan fingerprint density at radius 2 is 2.06 bits per heavy atom. The van der Waals surface area contributed by atoms with Crippen molar-refractivity contribution in [2.75, 3.05) is 17.2 Å². The van der Waals surface area contributed by atoms with E-state index in [1.165, 1.54) is 0 Å². The Balaban J connectivity index is 2.15. The van der Waals surface area contributed by atoms with Gasteiger partial charge < -0.3 is 10.6 Å². The van der Waals surface area contributed by atoms with E-state index in [1.807, 2.05) is 13.0 Å². The van der Waals surface area contributed by atoms with Crippen LogP contribution in [0.1, 0.15) is 26.7 Å². The summed E-state index contributed by atoms with van der Waals surface area (Å²) in [6, 6.07) is 5.58. The normalized spacial score (nSPS) is 21.4. The van der Waals surface area contributed by atoms with Gasteiger partial charge in [-0.1, -0.05) is 13.3 Å². The standard InChI is InChI=1S/C13H19N3O2/c1-3-9-5-13(9)15-11-6-10(14-4-2)7-12(8-11)16(17)18/h6-9,13-15H,3-5H2,1-2H3. The molecule has 18 heavy (non-hydrogen) atoms. The summed E-state index contributed by atoms with van der Waals surface area (Å²) in [5.41, 5.74) is 1.76. The first-order valence-corrected chi connectivity index (χ1v) is 6.44. The van der Waals surface area contributed by atoms with Crippen LogP contribution in [0.2, 0.25) is 0 Å². The minimum Gasteiger partial charge on any atom is -0.385 e.